The maximum Gasteiger partial charge on any atom is 0.319 e. The van der Waals surface area contributed by atoms with Crippen molar-refractivity contribution in [3.8, 4) is 23.1 Å². The van der Waals surface area contributed by atoms with Gasteiger partial charge in [0.05, 0.1) is 36.6 Å². The van der Waals surface area contributed by atoms with Gasteiger partial charge in [0.15, 0.2) is 0 Å². The Morgan fingerprint density at radius 3 is 2.60 bits per heavy atom. The topological polar surface area (TPSA) is 91.6 Å². The average molecular weight is 476 g/mol. The lowest BCUT2D eigenvalue weighted by atomic mass is 10.1. The quantitative estimate of drug-likeness (QED) is 0.447. The Balaban J connectivity index is 1.53. The number of nitriles is 1. The van der Waals surface area contributed by atoms with Crippen LogP contribution in [0.15, 0.2) is 42.5 Å². The number of aromatic nitrogens is 1. The smallest absolute Gasteiger partial charge is 0.319 e. The molecule has 3 aromatic rings. The predicted octanol–water partition coefficient (Wildman–Crippen LogP) is 4.44. The number of rotatable bonds is 9. The zero-order valence-corrected chi connectivity index (χ0v) is 20.5. The highest BCUT2D eigenvalue weighted by Gasteiger charge is 2.19. The van der Waals surface area contributed by atoms with Gasteiger partial charge in [-0.25, -0.2) is 4.79 Å². The molecule has 2 aromatic carbocycles. The molecule has 0 unspecified atom stereocenters. The Bertz CT molecular complexity index is 1190. The van der Waals surface area contributed by atoms with Crippen molar-refractivity contribution in [1.29, 1.82) is 5.26 Å². The average Bonchev–Trinajstić information content (AvgIpc) is 3.20. The fourth-order valence-electron chi connectivity index (χ4n) is 4.51. The van der Waals surface area contributed by atoms with Gasteiger partial charge in [0.1, 0.15) is 11.8 Å². The van der Waals surface area contributed by atoms with E-state index in [1.807, 2.05) is 49.4 Å². The highest BCUT2D eigenvalue weighted by atomic mass is 16.5. The van der Waals surface area contributed by atoms with Crippen molar-refractivity contribution >= 4 is 22.6 Å². The second-order valence-corrected chi connectivity index (χ2v) is 8.48. The standard InChI is InChI=1S/C27H33N5O3/c1-3-29-27(33)30-21-8-6-20(7-9-21)26-24(19-28)23-11-10-22(18-25(23)32(26)4-2)35-15-5-12-31-13-16-34-17-14-31/h6-11,18H,3-5,12-17H2,1-2H3,(H2,29,30,33). The molecule has 35 heavy (non-hydrogen) atoms. The van der Waals surface area contributed by atoms with E-state index < -0.39 is 0 Å². The molecular weight excluding hydrogens is 442 g/mol. The molecule has 2 heterocycles. The van der Waals surface area contributed by atoms with Crippen molar-refractivity contribution < 1.29 is 14.3 Å². The fourth-order valence-corrected chi connectivity index (χ4v) is 4.51. The number of urea groups is 1. The molecule has 1 aliphatic heterocycles. The zero-order valence-electron chi connectivity index (χ0n) is 20.5. The van der Waals surface area contributed by atoms with E-state index in [9.17, 15) is 10.1 Å². The number of hydrogen-bond donors (Lipinski definition) is 2. The maximum absolute atomic E-state index is 11.8. The second kappa shape index (κ2) is 11.7. The Labute approximate surface area is 206 Å². The molecule has 2 N–H and O–H groups in total. The maximum atomic E-state index is 11.8. The number of carbonyl (C=O) groups excluding carboxylic acids is 1. The Morgan fingerprint density at radius 1 is 1.14 bits per heavy atom. The minimum Gasteiger partial charge on any atom is -0.493 e. The number of carbonyl (C=O) groups is 1. The lowest BCUT2D eigenvalue weighted by molar-refractivity contribution is 0.0358. The summed E-state index contributed by atoms with van der Waals surface area (Å²) < 4.78 is 13.6. The summed E-state index contributed by atoms with van der Waals surface area (Å²) >= 11 is 0. The summed E-state index contributed by atoms with van der Waals surface area (Å²) in [5.41, 5.74) is 4.12. The Hall–Kier alpha value is -3.54. The molecule has 1 aliphatic rings. The van der Waals surface area contributed by atoms with E-state index in [-0.39, 0.29) is 6.03 Å². The number of nitrogens with zero attached hydrogens (tertiary/aromatic N) is 3. The number of nitrogens with one attached hydrogen (secondary N) is 2. The summed E-state index contributed by atoms with van der Waals surface area (Å²) in [6, 6.07) is 15.7. The normalized spacial score (nSPS) is 14.0. The minimum absolute atomic E-state index is 0.238. The number of aryl methyl sites for hydroxylation is 1. The van der Waals surface area contributed by atoms with Crippen molar-refractivity contribution in [2.24, 2.45) is 0 Å². The first-order valence-electron chi connectivity index (χ1n) is 12.3. The first kappa shape index (κ1) is 24.6. The number of morpholine rings is 1. The molecule has 2 amide bonds. The van der Waals surface area contributed by atoms with Crippen LogP contribution in [0.25, 0.3) is 22.2 Å². The van der Waals surface area contributed by atoms with Gasteiger partial charge in [-0.05, 0) is 50.1 Å². The first-order valence-corrected chi connectivity index (χ1v) is 12.3. The van der Waals surface area contributed by atoms with Gasteiger partial charge in [-0.15, -0.1) is 0 Å². The van der Waals surface area contributed by atoms with E-state index in [2.05, 4.69) is 33.1 Å². The van der Waals surface area contributed by atoms with Crippen LogP contribution in [-0.2, 0) is 11.3 Å². The van der Waals surface area contributed by atoms with Crippen LogP contribution in [0, 0.1) is 11.3 Å². The van der Waals surface area contributed by atoms with Crippen LogP contribution >= 0.6 is 0 Å². The van der Waals surface area contributed by atoms with Crippen LogP contribution in [0.5, 0.6) is 5.75 Å². The van der Waals surface area contributed by atoms with Crippen molar-refractivity contribution in [3.63, 3.8) is 0 Å². The third kappa shape index (κ3) is 5.76. The van der Waals surface area contributed by atoms with Gasteiger partial charge in [-0.2, -0.15) is 5.26 Å². The number of amides is 2. The molecule has 4 rings (SSSR count). The molecule has 184 valence electrons. The Morgan fingerprint density at radius 2 is 1.91 bits per heavy atom. The Kier molecular flexibility index (Phi) is 8.24. The van der Waals surface area contributed by atoms with Gasteiger partial charge in [0.2, 0.25) is 0 Å². The molecule has 1 saturated heterocycles. The molecule has 1 aromatic heterocycles. The third-order valence-electron chi connectivity index (χ3n) is 6.21. The fraction of sp³-hybridized carbons (Fsp3) is 0.407. The van der Waals surface area contributed by atoms with Crippen LogP contribution in [0.4, 0.5) is 10.5 Å². The summed E-state index contributed by atoms with van der Waals surface area (Å²) in [6.07, 6.45) is 0.957. The molecule has 0 spiro atoms. The molecule has 8 heteroatoms. The monoisotopic (exact) mass is 475 g/mol. The highest BCUT2D eigenvalue weighted by Crippen LogP contribution is 2.35. The summed E-state index contributed by atoms with van der Waals surface area (Å²) in [7, 11) is 0. The van der Waals surface area contributed by atoms with Gasteiger partial charge in [0, 0.05) is 49.9 Å². The first-order chi connectivity index (χ1) is 17.1. The molecule has 0 bridgehead atoms. The van der Waals surface area contributed by atoms with Gasteiger partial charge < -0.3 is 24.7 Å². The molecular formula is C27H33N5O3. The number of benzene rings is 2. The second-order valence-electron chi connectivity index (χ2n) is 8.48. The number of hydrogen-bond acceptors (Lipinski definition) is 5. The van der Waals surface area contributed by atoms with E-state index in [1.165, 1.54) is 0 Å². The highest BCUT2D eigenvalue weighted by molar-refractivity contribution is 5.95. The molecule has 8 nitrogen and oxygen atoms in total. The van der Waals surface area contributed by atoms with Crippen LogP contribution < -0.4 is 15.4 Å². The summed E-state index contributed by atoms with van der Waals surface area (Å²) in [4.78, 5) is 14.2. The number of ether oxygens (including phenoxy) is 2. The molecule has 0 saturated carbocycles. The molecule has 0 atom stereocenters. The SMILES string of the molecule is CCNC(=O)Nc1ccc(-c2c(C#N)c3ccc(OCCCN4CCOCC4)cc3n2CC)cc1. The van der Waals surface area contributed by atoms with E-state index in [4.69, 9.17) is 9.47 Å². The van der Waals surface area contributed by atoms with E-state index >= 15 is 0 Å². The number of fused-ring (bicyclic) bond motifs is 1. The van der Waals surface area contributed by atoms with Crippen LogP contribution in [0.1, 0.15) is 25.8 Å². The van der Waals surface area contributed by atoms with Gasteiger partial charge in [-0.3, -0.25) is 4.90 Å². The van der Waals surface area contributed by atoms with Crippen molar-refractivity contribution in [2.75, 3.05) is 51.3 Å². The largest absolute Gasteiger partial charge is 0.493 e. The summed E-state index contributed by atoms with van der Waals surface area (Å²) in [6.45, 7) is 10.5. The molecule has 0 aliphatic carbocycles. The van der Waals surface area contributed by atoms with Crippen molar-refractivity contribution in [1.82, 2.24) is 14.8 Å². The van der Waals surface area contributed by atoms with Crippen molar-refractivity contribution in [3.05, 3.63) is 48.0 Å². The minimum atomic E-state index is -0.238. The zero-order chi connectivity index (χ0) is 24.6. The van der Waals surface area contributed by atoms with E-state index in [1.54, 1.807) is 0 Å². The number of anilines is 1. The van der Waals surface area contributed by atoms with E-state index in [0.29, 0.717) is 30.9 Å². The predicted molar refractivity (Wildman–Crippen MR) is 138 cm³/mol. The summed E-state index contributed by atoms with van der Waals surface area (Å²) in [5, 5.41) is 16.5. The van der Waals surface area contributed by atoms with Crippen LogP contribution in [-0.4, -0.2) is 61.5 Å². The van der Waals surface area contributed by atoms with E-state index in [0.717, 1.165) is 67.2 Å². The van der Waals surface area contributed by atoms with Gasteiger partial charge in [0.25, 0.3) is 0 Å². The molecule has 0 radical (unpaired) electrons. The summed E-state index contributed by atoms with van der Waals surface area (Å²) in [5.74, 6) is 0.809. The van der Waals surface area contributed by atoms with Gasteiger partial charge in [-0.1, -0.05) is 12.1 Å². The van der Waals surface area contributed by atoms with Crippen LogP contribution in [0.3, 0.4) is 0 Å². The third-order valence-corrected chi connectivity index (χ3v) is 6.21. The van der Waals surface area contributed by atoms with Crippen molar-refractivity contribution in [2.45, 2.75) is 26.8 Å². The van der Waals surface area contributed by atoms with Gasteiger partial charge >= 0.3 is 6.03 Å². The lowest BCUT2D eigenvalue weighted by Crippen LogP contribution is -2.37. The lowest BCUT2D eigenvalue weighted by Gasteiger charge is -2.26. The van der Waals surface area contributed by atoms with Crippen LogP contribution in [0.2, 0.25) is 0 Å². The molecule has 1 fully saturated rings.